The molecule has 0 radical (unpaired) electrons. The normalized spacial score (nSPS) is 39.2. The Balaban J connectivity index is 2.54. The summed E-state index contributed by atoms with van der Waals surface area (Å²) < 4.78 is 4.53. The van der Waals surface area contributed by atoms with Crippen LogP contribution in [0.3, 0.4) is 0 Å². The Morgan fingerprint density at radius 1 is 1.20 bits per heavy atom. The Hall–Kier alpha value is 1.02. The SMILES string of the molecule is CCC1C(Cl)[I-]1(CC)CC. The number of hydrogen-bond donors (Lipinski definition) is 0. The van der Waals surface area contributed by atoms with Gasteiger partial charge in [0.2, 0.25) is 0 Å². The van der Waals surface area contributed by atoms with E-state index in [-0.39, 0.29) is 0 Å². The Morgan fingerprint density at radius 2 is 1.70 bits per heavy atom. The van der Waals surface area contributed by atoms with E-state index in [0.717, 1.165) is 3.92 Å². The number of rotatable bonds is 3. The van der Waals surface area contributed by atoms with Crippen LogP contribution in [0.5, 0.6) is 0 Å². The summed E-state index contributed by atoms with van der Waals surface area (Å²) in [4.78, 5) is 0. The minimum atomic E-state index is -1.28. The molecule has 0 aromatic carbocycles. The summed E-state index contributed by atoms with van der Waals surface area (Å²) in [7, 11) is 0. The Morgan fingerprint density at radius 3 is 1.80 bits per heavy atom. The van der Waals surface area contributed by atoms with Crippen LogP contribution < -0.4 is 18.4 Å². The van der Waals surface area contributed by atoms with Gasteiger partial charge in [-0.1, -0.05) is 0 Å². The van der Waals surface area contributed by atoms with Gasteiger partial charge in [0.05, 0.1) is 0 Å². The zero-order chi connectivity index (χ0) is 7.78. The van der Waals surface area contributed by atoms with Gasteiger partial charge in [-0.2, -0.15) is 0 Å². The molecule has 2 unspecified atom stereocenters. The average molecular weight is 276 g/mol. The van der Waals surface area contributed by atoms with Crippen molar-refractivity contribution in [1.29, 1.82) is 0 Å². The molecule has 0 amide bonds. The summed E-state index contributed by atoms with van der Waals surface area (Å²) in [6, 6.07) is 0. The van der Waals surface area contributed by atoms with E-state index in [1.54, 1.807) is 0 Å². The maximum absolute atomic E-state index is 6.26. The van der Waals surface area contributed by atoms with Gasteiger partial charge in [0, 0.05) is 0 Å². The van der Waals surface area contributed by atoms with Gasteiger partial charge >= 0.3 is 73.4 Å². The predicted octanol–water partition coefficient (Wildman–Crippen LogP) is -0.456. The third-order valence-corrected chi connectivity index (χ3v) is 18.4. The molecule has 0 nitrogen and oxygen atoms in total. The van der Waals surface area contributed by atoms with E-state index >= 15 is 0 Å². The second-order valence-electron chi connectivity index (χ2n) is 2.73. The first-order valence-electron chi connectivity index (χ1n) is 4.05. The predicted molar refractivity (Wildman–Crippen MR) is 44.8 cm³/mol. The third kappa shape index (κ3) is 1.09. The Bertz CT molecular complexity index is 120. The van der Waals surface area contributed by atoms with Crippen molar-refractivity contribution in [3.05, 3.63) is 0 Å². The summed E-state index contributed by atoms with van der Waals surface area (Å²) in [6.45, 7) is 6.97. The van der Waals surface area contributed by atoms with E-state index < -0.39 is 18.4 Å². The van der Waals surface area contributed by atoms with E-state index in [1.807, 2.05) is 0 Å². The van der Waals surface area contributed by atoms with E-state index in [2.05, 4.69) is 20.8 Å². The fourth-order valence-electron chi connectivity index (χ4n) is 1.74. The molecule has 0 bridgehead atoms. The van der Waals surface area contributed by atoms with Gasteiger partial charge in [-0.25, -0.2) is 0 Å². The van der Waals surface area contributed by atoms with Crippen LogP contribution in [0.2, 0.25) is 0 Å². The van der Waals surface area contributed by atoms with Crippen molar-refractivity contribution in [1.82, 2.24) is 0 Å². The molecule has 1 aliphatic rings. The van der Waals surface area contributed by atoms with E-state index in [1.165, 1.54) is 15.3 Å². The molecule has 0 N–H and O–H groups in total. The summed E-state index contributed by atoms with van der Waals surface area (Å²) in [5.41, 5.74) is 0. The number of halogens is 2. The van der Waals surface area contributed by atoms with Crippen LogP contribution in [0.1, 0.15) is 27.2 Å². The standard InChI is InChI=1S/C8H17ClI/c1-4-7-8(9)10(7,5-2)6-3/h7-8H,4-6H2,1-3H3/q-1. The number of hydrogen-bond acceptors (Lipinski definition) is 0. The van der Waals surface area contributed by atoms with E-state index in [4.69, 9.17) is 11.6 Å². The van der Waals surface area contributed by atoms with Crippen molar-refractivity contribution in [2.75, 3.05) is 8.86 Å². The van der Waals surface area contributed by atoms with Gasteiger partial charge in [0.15, 0.2) is 0 Å². The van der Waals surface area contributed by atoms with Crippen molar-refractivity contribution >= 4 is 11.6 Å². The molecule has 0 aliphatic carbocycles. The second-order valence-corrected chi connectivity index (χ2v) is 15.2. The molecule has 1 heterocycles. The molecule has 0 spiro atoms. The summed E-state index contributed by atoms with van der Waals surface area (Å²) >= 11 is 4.97. The zero-order valence-electron chi connectivity index (χ0n) is 7.03. The van der Waals surface area contributed by atoms with Crippen LogP contribution in [0, 0.1) is 0 Å². The Kier molecular flexibility index (Phi) is 2.89. The van der Waals surface area contributed by atoms with Crippen LogP contribution >= 0.6 is 11.6 Å². The van der Waals surface area contributed by atoms with Crippen LogP contribution in [0.15, 0.2) is 0 Å². The molecule has 2 heteroatoms. The molecule has 10 heavy (non-hydrogen) atoms. The summed E-state index contributed by atoms with van der Waals surface area (Å²) in [6.07, 6.45) is 1.34. The molecule has 0 aromatic heterocycles. The van der Waals surface area contributed by atoms with Gasteiger partial charge in [-0.3, -0.25) is 0 Å². The van der Waals surface area contributed by atoms with E-state index in [0.29, 0.717) is 3.38 Å². The van der Waals surface area contributed by atoms with Gasteiger partial charge < -0.3 is 0 Å². The third-order valence-electron chi connectivity index (χ3n) is 2.56. The maximum atomic E-state index is 6.26. The second kappa shape index (κ2) is 3.18. The quantitative estimate of drug-likeness (QED) is 0.483. The zero-order valence-corrected chi connectivity index (χ0v) is 9.95. The first-order valence-corrected chi connectivity index (χ1v) is 10.0. The van der Waals surface area contributed by atoms with Crippen LogP contribution in [-0.4, -0.2) is 16.2 Å². The van der Waals surface area contributed by atoms with Crippen molar-refractivity contribution in [3.63, 3.8) is 0 Å². The molecule has 0 aromatic rings. The van der Waals surface area contributed by atoms with Crippen molar-refractivity contribution < 1.29 is 18.4 Å². The van der Waals surface area contributed by atoms with Crippen LogP contribution in [0.4, 0.5) is 0 Å². The molecule has 2 atom stereocenters. The summed E-state index contributed by atoms with van der Waals surface area (Å²) in [5, 5.41) is 0. The fourth-order valence-corrected chi connectivity index (χ4v) is 17.2. The van der Waals surface area contributed by atoms with Crippen molar-refractivity contribution in [3.8, 4) is 0 Å². The molecule has 1 aliphatic heterocycles. The molecule has 64 valence electrons. The van der Waals surface area contributed by atoms with Gasteiger partial charge in [-0.15, -0.1) is 0 Å². The molecule has 1 rings (SSSR count). The topological polar surface area (TPSA) is 0 Å². The first-order chi connectivity index (χ1) is 4.72. The Labute approximate surface area is 73.2 Å². The number of alkyl halides is 5. The first kappa shape index (κ1) is 9.11. The molecule has 1 saturated heterocycles. The van der Waals surface area contributed by atoms with Crippen LogP contribution in [-0.2, 0) is 0 Å². The van der Waals surface area contributed by atoms with Crippen molar-refractivity contribution in [2.45, 2.75) is 34.5 Å². The van der Waals surface area contributed by atoms with Crippen molar-refractivity contribution in [2.24, 2.45) is 0 Å². The van der Waals surface area contributed by atoms with Gasteiger partial charge in [0.25, 0.3) is 0 Å². The fraction of sp³-hybridized carbons (Fsp3) is 1.00. The van der Waals surface area contributed by atoms with Crippen LogP contribution in [0.25, 0.3) is 0 Å². The molecular weight excluding hydrogens is 258 g/mol. The van der Waals surface area contributed by atoms with Gasteiger partial charge in [0.1, 0.15) is 0 Å². The molecule has 0 saturated carbocycles. The molecule has 1 fully saturated rings. The summed E-state index contributed by atoms with van der Waals surface area (Å²) in [5.74, 6) is 0. The van der Waals surface area contributed by atoms with E-state index in [9.17, 15) is 0 Å². The molecular formula is C8H17ClI-. The van der Waals surface area contributed by atoms with Gasteiger partial charge in [-0.05, 0) is 0 Å². The minimum absolute atomic E-state index is 0.659. The average Bonchev–Trinajstić information content (AvgIpc) is 2.56. The monoisotopic (exact) mass is 275 g/mol.